The van der Waals surface area contributed by atoms with Gasteiger partial charge in [-0.2, -0.15) is 0 Å². The molecule has 3 N–H and O–H groups in total. The summed E-state index contributed by atoms with van der Waals surface area (Å²) < 4.78 is 54.0. The number of allylic oxidation sites excluding steroid dienone is 1. The summed E-state index contributed by atoms with van der Waals surface area (Å²) in [6.45, 7) is 7.57. The van der Waals surface area contributed by atoms with Crippen LogP contribution in [0.2, 0.25) is 0 Å². The summed E-state index contributed by atoms with van der Waals surface area (Å²) in [4.78, 5) is 64.8. The Balaban J connectivity index is 1.18. The highest BCUT2D eigenvalue weighted by molar-refractivity contribution is 7.91. The minimum atomic E-state index is -4.05. The van der Waals surface area contributed by atoms with Crippen LogP contribution in [0.3, 0.4) is 0 Å². The number of fused-ring (bicyclic) bond motifs is 3. The van der Waals surface area contributed by atoms with Crippen molar-refractivity contribution in [2.75, 3.05) is 20.2 Å². The maximum absolute atomic E-state index is 15.3. The highest BCUT2D eigenvalue weighted by Gasteiger charge is 2.63. The first-order valence-corrected chi connectivity index (χ1v) is 23.1. The summed E-state index contributed by atoms with van der Waals surface area (Å²) in [5.41, 5.74) is -0.769. The molecule has 7 atom stereocenters. The van der Waals surface area contributed by atoms with Crippen LogP contribution in [0.15, 0.2) is 60.7 Å². The van der Waals surface area contributed by atoms with Gasteiger partial charge in [0.25, 0.3) is 5.91 Å². The van der Waals surface area contributed by atoms with Gasteiger partial charge in [-0.15, -0.1) is 0 Å². The monoisotopic (exact) mass is 873 g/mol. The van der Waals surface area contributed by atoms with Crippen LogP contribution in [0.4, 0.5) is 9.18 Å². The Morgan fingerprint density at radius 3 is 2.44 bits per heavy atom. The van der Waals surface area contributed by atoms with Gasteiger partial charge in [-0.1, -0.05) is 32.9 Å². The quantitative estimate of drug-likeness (QED) is 0.192. The van der Waals surface area contributed by atoms with Crippen molar-refractivity contribution in [1.29, 1.82) is 0 Å². The molecule has 3 saturated carbocycles. The largest absolute Gasteiger partial charge is 0.497 e. The Hall–Kier alpha value is -5.25. The van der Waals surface area contributed by atoms with Crippen LogP contribution in [-0.4, -0.2) is 101 Å². The van der Waals surface area contributed by atoms with Crippen LogP contribution in [0.1, 0.15) is 85.5 Å². The number of carbonyl (C=O) groups excluding carboxylic acids is 3. The number of hydrogen-bond acceptors (Lipinski definition) is 9. The van der Waals surface area contributed by atoms with E-state index in [4.69, 9.17) is 14.5 Å². The van der Waals surface area contributed by atoms with Gasteiger partial charge >= 0.3 is 6.09 Å². The maximum atomic E-state index is 15.3. The van der Waals surface area contributed by atoms with Gasteiger partial charge < -0.3 is 24.8 Å². The van der Waals surface area contributed by atoms with Crippen LogP contribution in [-0.2, 0) is 24.4 Å². The van der Waals surface area contributed by atoms with Crippen molar-refractivity contribution in [2.24, 2.45) is 23.2 Å². The molecular formula is C46H56FN5O9S. The zero-order valence-corrected chi connectivity index (χ0v) is 36.7. The van der Waals surface area contributed by atoms with E-state index in [1.807, 2.05) is 38.1 Å². The summed E-state index contributed by atoms with van der Waals surface area (Å²) >= 11 is 0. The Morgan fingerprint density at radius 1 is 1.05 bits per heavy atom. The van der Waals surface area contributed by atoms with Crippen molar-refractivity contribution in [3.63, 3.8) is 0 Å². The number of carboxylic acid groups (broad SMARTS) is 1. The van der Waals surface area contributed by atoms with E-state index >= 15 is 4.79 Å². The number of aromatic nitrogens is 1. The average Bonchev–Trinajstić information content (AvgIpc) is 4.19. The van der Waals surface area contributed by atoms with E-state index < -0.39 is 80.0 Å². The normalized spacial score (nSPS) is 29.0. The van der Waals surface area contributed by atoms with Crippen LogP contribution in [0.5, 0.6) is 11.6 Å². The number of nitrogens with zero attached hydrogens (tertiary/aromatic N) is 3. The first-order chi connectivity index (χ1) is 29.3. The molecule has 332 valence electrons. The van der Waals surface area contributed by atoms with Crippen molar-refractivity contribution >= 4 is 44.6 Å². The van der Waals surface area contributed by atoms with Crippen molar-refractivity contribution < 1.29 is 46.6 Å². The standard InChI is InChI=1S/C46H56FN5O9S/c1-27-8-6-7-9-31-24-46(31,42(55)50-62(58,59)45(4)18-19-45)49-39(53)37-23-34(25-51(37)41(54)38(28(2)20-27)52(43(56)57)26-44(3)16-17-44)61-40-35-15-14-33(60-5)21-30(35)22-36(48-40)29-10-12-32(47)13-11-29/h7,9-15,21-22,27-28,31,34,37-38H,6,8,16-20,23-26H2,1-5H3,(H,49,53)(H,50,55)(H,56,57)/t27-,28+,31+,34+,37-,38-,46+/m0/s1. The SMILES string of the molecule is COc1ccc2c(O[C@@H]3C[C@H]4C(=O)N[C@]5(C(=O)NS(=O)(=O)C6(C)CC6)C[C@H]5C=CCC[C@H](C)C[C@@H](C)[C@H](N(CC5(C)CC5)C(=O)O)C(=O)N4C3)nc(-c3ccc(F)cc3)cc2c1. The molecule has 0 bridgehead atoms. The number of rotatable bonds is 10. The minimum absolute atomic E-state index is 0.0471. The lowest BCUT2D eigenvalue weighted by Gasteiger charge is -2.38. The van der Waals surface area contributed by atoms with Crippen molar-refractivity contribution in [3.05, 3.63) is 66.5 Å². The summed E-state index contributed by atoms with van der Waals surface area (Å²) in [5.74, 6) is -2.53. The van der Waals surface area contributed by atoms with Crippen LogP contribution in [0, 0.1) is 29.0 Å². The number of benzene rings is 2. The lowest BCUT2D eigenvalue weighted by molar-refractivity contribution is -0.144. The van der Waals surface area contributed by atoms with Gasteiger partial charge in [-0.05, 0) is 129 Å². The Labute approximate surface area is 361 Å². The summed E-state index contributed by atoms with van der Waals surface area (Å²) in [5, 5.41) is 15.0. The topological polar surface area (TPSA) is 185 Å². The lowest BCUT2D eigenvalue weighted by atomic mass is 9.86. The van der Waals surface area contributed by atoms with Gasteiger partial charge in [0.2, 0.25) is 27.7 Å². The van der Waals surface area contributed by atoms with E-state index in [1.54, 1.807) is 38.3 Å². The van der Waals surface area contributed by atoms with Crippen LogP contribution >= 0.6 is 0 Å². The third-order valence-corrected chi connectivity index (χ3v) is 16.0. The average molecular weight is 874 g/mol. The van der Waals surface area contributed by atoms with E-state index in [0.29, 0.717) is 53.5 Å². The highest BCUT2D eigenvalue weighted by Crippen LogP contribution is 2.49. The molecule has 1 aromatic heterocycles. The fraction of sp³-hybridized carbons (Fsp3) is 0.543. The van der Waals surface area contributed by atoms with E-state index in [9.17, 15) is 32.3 Å². The van der Waals surface area contributed by atoms with E-state index in [-0.39, 0.29) is 43.1 Å². The molecule has 3 aliphatic carbocycles. The molecule has 0 unspecified atom stereocenters. The van der Waals surface area contributed by atoms with E-state index in [0.717, 1.165) is 19.3 Å². The number of nitrogens with one attached hydrogen (secondary N) is 2. The number of carbonyl (C=O) groups is 4. The highest BCUT2D eigenvalue weighted by atomic mass is 32.2. The number of methoxy groups -OCH3 is 1. The molecular weight excluding hydrogens is 818 g/mol. The van der Waals surface area contributed by atoms with Crippen molar-refractivity contribution in [3.8, 4) is 22.9 Å². The third kappa shape index (κ3) is 8.58. The zero-order chi connectivity index (χ0) is 44.4. The third-order valence-electron chi connectivity index (χ3n) is 13.9. The van der Waals surface area contributed by atoms with Gasteiger partial charge in [-0.3, -0.25) is 24.0 Å². The first-order valence-electron chi connectivity index (χ1n) is 21.6. The molecule has 4 amide bonds. The fourth-order valence-electron chi connectivity index (χ4n) is 9.23. The predicted molar refractivity (Wildman–Crippen MR) is 229 cm³/mol. The first kappa shape index (κ1) is 43.4. The summed E-state index contributed by atoms with van der Waals surface area (Å²) in [7, 11) is -2.50. The molecule has 2 aliphatic heterocycles. The number of hydrogen-bond donors (Lipinski definition) is 3. The van der Waals surface area contributed by atoms with E-state index in [2.05, 4.69) is 17.0 Å². The Kier molecular flexibility index (Phi) is 11.3. The molecule has 14 nitrogen and oxygen atoms in total. The smallest absolute Gasteiger partial charge is 0.408 e. The zero-order valence-electron chi connectivity index (χ0n) is 35.9. The molecule has 8 rings (SSSR count). The fourth-order valence-corrected chi connectivity index (χ4v) is 10.5. The van der Waals surface area contributed by atoms with Gasteiger partial charge in [-0.25, -0.2) is 22.6 Å². The minimum Gasteiger partial charge on any atom is -0.497 e. The number of sulfonamides is 1. The Morgan fingerprint density at radius 2 is 1.77 bits per heavy atom. The second-order valence-corrected chi connectivity index (χ2v) is 21.2. The van der Waals surface area contributed by atoms with Gasteiger partial charge in [0, 0.05) is 29.8 Å². The summed E-state index contributed by atoms with van der Waals surface area (Å²) in [6, 6.07) is 10.7. The number of amides is 4. The van der Waals surface area contributed by atoms with Crippen molar-refractivity contribution in [2.45, 2.75) is 114 Å². The molecule has 3 heterocycles. The predicted octanol–water partition coefficient (Wildman–Crippen LogP) is 6.43. The molecule has 16 heteroatoms. The van der Waals surface area contributed by atoms with Crippen molar-refractivity contribution in [1.82, 2.24) is 24.8 Å². The molecule has 62 heavy (non-hydrogen) atoms. The second kappa shape index (κ2) is 16.1. The molecule has 2 aromatic carbocycles. The number of halogens is 1. The van der Waals surface area contributed by atoms with Crippen LogP contribution in [0.25, 0.3) is 22.0 Å². The second-order valence-electron chi connectivity index (χ2n) is 19.0. The summed E-state index contributed by atoms with van der Waals surface area (Å²) in [6.07, 6.45) is 6.22. The maximum Gasteiger partial charge on any atom is 0.408 e. The van der Waals surface area contributed by atoms with Gasteiger partial charge in [0.15, 0.2) is 0 Å². The molecule has 0 spiro atoms. The molecule has 1 saturated heterocycles. The van der Waals surface area contributed by atoms with Gasteiger partial charge in [0.05, 0.1) is 24.1 Å². The molecule has 0 radical (unpaired) electrons. The van der Waals surface area contributed by atoms with Gasteiger partial charge in [0.1, 0.15) is 35.3 Å². The molecule has 5 aliphatic rings. The van der Waals surface area contributed by atoms with Crippen LogP contribution < -0.4 is 19.5 Å². The molecule has 3 aromatic rings. The van der Waals surface area contributed by atoms with E-state index in [1.165, 1.54) is 21.9 Å². The Bertz CT molecular complexity index is 2420. The number of pyridine rings is 1. The number of ether oxygens (including phenoxy) is 2. The molecule has 4 fully saturated rings. The lowest BCUT2D eigenvalue weighted by Crippen LogP contribution is -2.60.